The molecule has 4 aliphatic rings. The molecule has 352 valence electrons. The van der Waals surface area contributed by atoms with E-state index in [0.29, 0.717) is 0 Å². The Balaban J connectivity index is 0.000000212. The van der Waals surface area contributed by atoms with Crippen LogP contribution >= 0.6 is 60.7 Å². The molecule has 6 aromatic carbocycles. The van der Waals surface area contributed by atoms with Gasteiger partial charge in [-0.05, 0) is 140 Å². The number of ether oxygens (including phenoxy) is 4. The molecule has 0 aliphatic carbocycles. The number of hydrogen-bond acceptors (Lipinski definition) is 8. The summed E-state index contributed by atoms with van der Waals surface area (Å²) in [6.07, 6.45) is 3.47. The van der Waals surface area contributed by atoms with Gasteiger partial charge in [-0.3, -0.25) is 9.98 Å². The van der Waals surface area contributed by atoms with Gasteiger partial charge in [0.05, 0.1) is 36.7 Å². The first-order chi connectivity index (χ1) is 30.5. The van der Waals surface area contributed by atoms with E-state index < -0.39 is 0 Å². The van der Waals surface area contributed by atoms with Gasteiger partial charge >= 0.3 is 0 Å². The molecule has 6 aromatic rings. The summed E-state index contributed by atoms with van der Waals surface area (Å²) in [6, 6.07) is 42.9. The lowest BCUT2D eigenvalue weighted by Gasteiger charge is -2.31. The van der Waals surface area contributed by atoms with Gasteiger partial charge in [-0.15, -0.1) is 37.2 Å². The van der Waals surface area contributed by atoms with Crippen LogP contribution in [0.5, 0.6) is 23.0 Å². The average Bonchev–Trinajstić information content (AvgIpc) is 3.77. The van der Waals surface area contributed by atoms with Gasteiger partial charge in [0.2, 0.25) is 0 Å². The van der Waals surface area contributed by atoms with Crippen molar-refractivity contribution >= 4 is 72.2 Å². The van der Waals surface area contributed by atoms with Crippen LogP contribution in [0.15, 0.2) is 151 Å². The maximum Gasteiger partial charge on any atom is 0.166 e. The fourth-order valence-corrected chi connectivity index (χ4v) is 11.1. The normalized spacial score (nSPS) is 16.9. The smallest absolute Gasteiger partial charge is 0.166 e. The summed E-state index contributed by atoms with van der Waals surface area (Å²) in [6.45, 7) is 17.4. The molecule has 0 N–H and O–H groups in total. The topological polar surface area (TPSA) is 61.6 Å². The Morgan fingerprint density at radius 3 is 1.10 bits per heavy atom. The van der Waals surface area contributed by atoms with E-state index in [4.69, 9.17) is 28.9 Å². The predicted molar refractivity (Wildman–Crippen MR) is 285 cm³/mol. The van der Waals surface area contributed by atoms with Crippen LogP contribution in [0.4, 0.5) is 0 Å². The molecule has 0 amide bonds. The summed E-state index contributed by atoms with van der Waals surface area (Å²) in [5, 5.41) is 0. The van der Waals surface area contributed by atoms with E-state index in [1.54, 1.807) is 37.7 Å². The van der Waals surface area contributed by atoms with E-state index >= 15 is 0 Å². The fourth-order valence-electron chi connectivity index (χ4n) is 9.47. The van der Waals surface area contributed by atoms with E-state index in [0.717, 1.165) is 71.2 Å². The fraction of sp³-hybridized carbons (Fsp3) is 0.321. The van der Waals surface area contributed by atoms with Crippen LogP contribution in [0.2, 0.25) is 0 Å². The summed E-state index contributed by atoms with van der Waals surface area (Å²) >= 11 is 3.55. The van der Waals surface area contributed by atoms with Crippen molar-refractivity contribution in [3.63, 3.8) is 0 Å². The van der Waals surface area contributed by atoms with Crippen LogP contribution in [-0.2, 0) is 25.7 Å². The molecule has 0 saturated heterocycles. The molecular formula is C56H61Cl3N2O4S2. The summed E-state index contributed by atoms with van der Waals surface area (Å²) in [7, 11) is 3.45. The maximum atomic E-state index is 6.32. The zero-order valence-corrected chi connectivity index (χ0v) is 44.0. The number of halogens is 3. The van der Waals surface area contributed by atoms with Crippen LogP contribution in [0.25, 0.3) is 0 Å². The highest BCUT2D eigenvalue weighted by atomic mass is 35.5. The van der Waals surface area contributed by atoms with Gasteiger partial charge < -0.3 is 18.9 Å². The molecule has 10 rings (SSSR count). The molecule has 4 aliphatic heterocycles. The van der Waals surface area contributed by atoms with E-state index in [1.807, 2.05) is 12.1 Å². The highest BCUT2D eigenvalue weighted by Crippen LogP contribution is 2.50. The van der Waals surface area contributed by atoms with Gasteiger partial charge in [0.15, 0.2) is 23.0 Å². The molecule has 6 nitrogen and oxygen atoms in total. The lowest BCUT2D eigenvalue weighted by molar-refractivity contribution is 0.133. The molecule has 0 radical (unpaired) electrons. The number of methoxy groups -OCH3 is 2. The number of rotatable bonds is 8. The largest absolute Gasteiger partial charge is 0.493 e. The molecule has 0 fully saturated rings. The van der Waals surface area contributed by atoms with Gasteiger partial charge in [-0.1, -0.05) is 84.2 Å². The zero-order valence-electron chi connectivity index (χ0n) is 39.9. The van der Waals surface area contributed by atoms with Crippen LogP contribution in [0.1, 0.15) is 99.9 Å². The Labute approximate surface area is 424 Å². The molecular weight excluding hydrogens is 935 g/mol. The lowest BCUT2D eigenvalue weighted by atomic mass is 9.81. The number of benzene rings is 6. The third kappa shape index (κ3) is 11.2. The molecule has 0 aromatic heterocycles. The van der Waals surface area contributed by atoms with Crippen LogP contribution in [0, 0.1) is 0 Å². The Kier molecular flexibility index (Phi) is 15.6. The molecule has 0 spiro atoms. The van der Waals surface area contributed by atoms with Gasteiger partial charge in [-0.25, -0.2) is 0 Å². The van der Waals surface area contributed by atoms with Crippen molar-refractivity contribution < 1.29 is 18.9 Å². The highest BCUT2D eigenvalue weighted by Gasteiger charge is 2.41. The Morgan fingerprint density at radius 2 is 0.776 bits per heavy atom. The average molecular weight is 997 g/mol. The second-order valence-electron chi connectivity index (χ2n) is 19.7. The first-order valence-corrected chi connectivity index (χ1v) is 23.8. The van der Waals surface area contributed by atoms with E-state index in [-0.39, 0.29) is 59.5 Å². The molecule has 0 bridgehead atoms. The summed E-state index contributed by atoms with van der Waals surface area (Å²) in [5.41, 5.74) is 11.1. The van der Waals surface area contributed by atoms with E-state index in [1.165, 1.54) is 53.0 Å². The zero-order chi connectivity index (χ0) is 45.0. The molecule has 4 heterocycles. The SMILES string of the molecule is COc1cc2c(c3c1OC(C)(C)C3)C(c1ccc(Sc3ccccc3)cc1)=NC(C)(C)C2.COc1cc2c(c3c1OC(C)(C)C3)C(c1ccc(Sc3ccccc3)cc1)=NC(C)(C)C2.Cl.Cl.Cl. The van der Waals surface area contributed by atoms with Crippen LogP contribution in [-0.4, -0.2) is 47.9 Å². The van der Waals surface area contributed by atoms with E-state index in [2.05, 4.69) is 165 Å². The molecule has 0 saturated carbocycles. The lowest BCUT2D eigenvalue weighted by Crippen LogP contribution is -2.30. The maximum absolute atomic E-state index is 6.32. The van der Waals surface area contributed by atoms with Crippen molar-refractivity contribution in [3.05, 3.63) is 166 Å². The molecule has 0 unspecified atom stereocenters. The van der Waals surface area contributed by atoms with Crippen LogP contribution < -0.4 is 18.9 Å². The first kappa shape index (κ1) is 51.8. The van der Waals surface area contributed by atoms with Crippen molar-refractivity contribution in [1.29, 1.82) is 0 Å². The Hall–Kier alpha value is -4.57. The van der Waals surface area contributed by atoms with Gasteiger partial charge in [0, 0.05) is 65.8 Å². The Morgan fingerprint density at radius 1 is 0.448 bits per heavy atom. The number of nitrogens with zero attached hydrogens (tertiary/aromatic N) is 2. The van der Waals surface area contributed by atoms with Crippen LogP contribution in [0.3, 0.4) is 0 Å². The van der Waals surface area contributed by atoms with Gasteiger partial charge in [0.1, 0.15) is 11.2 Å². The highest BCUT2D eigenvalue weighted by molar-refractivity contribution is 7.99. The number of fused-ring (bicyclic) bond motifs is 6. The standard InChI is InChI=1S/2C28H29NO2S.3ClH/c2*1-27(2)16-19-15-23(30-5)26-22(17-28(3,4)31-26)24(19)25(29-27)18-11-13-21(14-12-18)32-20-9-7-6-8-10-20;;;/h2*6-15H,16-17H2,1-5H3;3*1H. The van der Waals surface area contributed by atoms with Gasteiger partial charge in [-0.2, -0.15) is 0 Å². The number of aliphatic imine (C=N–C) groups is 2. The minimum atomic E-state index is -0.251. The van der Waals surface area contributed by atoms with Crippen molar-refractivity contribution in [3.8, 4) is 23.0 Å². The van der Waals surface area contributed by atoms with Crippen molar-refractivity contribution in [2.75, 3.05) is 14.2 Å². The second kappa shape index (κ2) is 20.2. The quantitative estimate of drug-likeness (QED) is 0.151. The third-order valence-electron chi connectivity index (χ3n) is 12.0. The molecule has 0 atom stereocenters. The van der Waals surface area contributed by atoms with Crippen molar-refractivity contribution in [2.24, 2.45) is 9.98 Å². The van der Waals surface area contributed by atoms with Gasteiger partial charge in [0.25, 0.3) is 0 Å². The minimum absolute atomic E-state index is 0. The van der Waals surface area contributed by atoms with Crippen molar-refractivity contribution in [2.45, 2.75) is 123 Å². The monoisotopic (exact) mass is 994 g/mol. The second-order valence-corrected chi connectivity index (χ2v) is 22.0. The minimum Gasteiger partial charge on any atom is -0.493 e. The first-order valence-electron chi connectivity index (χ1n) is 22.2. The summed E-state index contributed by atoms with van der Waals surface area (Å²) in [5.74, 6) is 3.41. The predicted octanol–water partition coefficient (Wildman–Crippen LogP) is 14.7. The Bertz CT molecular complexity index is 2600. The molecule has 11 heteroatoms. The number of hydrogen-bond donors (Lipinski definition) is 0. The molecule has 67 heavy (non-hydrogen) atoms. The summed E-state index contributed by atoms with van der Waals surface area (Å²) < 4.78 is 24.1. The van der Waals surface area contributed by atoms with Crippen molar-refractivity contribution in [1.82, 2.24) is 0 Å². The third-order valence-corrected chi connectivity index (χ3v) is 14.0. The summed E-state index contributed by atoms with van der Waals surface area (Å²) in [4.78, 5) is 15.4. The van der Waals surface area contributed by atoms with E-state index in [9.17, 15) is 0 Å².